The van der Waals surface area contributed by atoms with Crippen LogP contribution >= 0.6 is 0 Å². The molecule has 0 spiro atoms. The van der Waals surface area contributed by atoms with Gasteiger partial charge in [-0.05, 0) is 60.9 Å². The molecule has 4 aromatic rings. The average Bonchev–Trinajstić information content (AvgIpc) is 3.38. The van der Waals surface area contributed by atoms with Gasteiger partial charge >= 0.3 is 0 Å². The minimum Gasteiger partial charge on any atom is -0.471 e. The van der Waals surface area contributed by atoms with Crippen molar-refractivity contribution >= 4 is 21.7 Å². The van der Waals surface area contributed by atoms with E-state index in [0.29, 0.717) is 37.7 Å². The number of nitrogens with zero attached hydrogens (tertiary/aromatic N) is 2. The van der Waals surface area contributed by atoms with Crippen LogP contribution in [-0.2, 0) is 9.47 Å². The molecule has 7 nitrogen and oxygen atoms in total. The largest absolute Gasteiger partial charge is 0.471 e. The molecule has 2 fully saturated rings. The number of pyridine rings is 1. The molecular weight excluding hydrogens is 468 g/mol. The first kappa shape index (κ1) is 23.3. The zero-order chi connectivity index (χ0) is 24.6. The molecule has 2 unspecified atom stereocenters. The Morgan fingerprint density at radius 1 is 1.03 bits per heavy atom. The lowest BCUT2D eigenvalue weighted by Gasteiger charge is -2.30. The van der Waals surface area contributed by atoms with E-state index in [9.17, 15) is 13.9 Å². The topological polar surface area (TPSA) is 89.5 Å². The van der Waals surface area contributed by atoms with Gasteiger partial charge in [-0.1, -0.05) is 6.07 Å². The second-order valence-corrected chi connectivity index (χ2v) is 9.50. The normalized spacial score (nSPS) is 21.3. The molecule has 188 valence electrons. The lowest BCUT2D eigenvalue weighted by atomic mass is 9.87. The Bertz CT molecular complexity index is 1400. The van der Waals surface area contributed by atoms with Crippen molar-refractivity contribution in [1.82, 2.24) is 15.2 Å². The highest BCUT2D eigenvalue weighted by atomic mass is 19.2. The number of benzene rings is 2. The van der Waals surface area contributed by atoms with Crippen LogP contribution in [0.15, 0.2) is 36.5 Å². The van der Waals surface area contributed by atoms with E-state index < -0.39 is 11.6 Å². The molecule has 2 aliphatic heterocycles. The van der Waals surface area contributed by atoms with Gasteiger partial charge in [-0.2, -0.15) is 5.10 Å². The summed E-state index contributed by atoms with van der Waals surface area (Å²) in [6.45, 7) is 1.57. The molecule has 9 heteroatoms. The number of ether oxygens (including phenoxy) is 3. The summed E-state index contributed by atoms with van der Waals surface area (Å²) in [5.74, 6) is -1.24. The molecule has 4 heterocycles. The van der Waals surface area contributed by atoms with Crippen LogP contribution in [0.2, 0.25) is 0 Å². The number of H-pyrrole nitrogens is 1. The van der Waals surface area contributed by atoms with E-state index in [0.717, 1.165) is 58.3 Å². The van der Waals surface area contributed by atoms with Gasteiger partial charge < -0.3 is 19.3 Å². The highest BCUT2D eigenvalue weighted by Gasteiger charge is 2.28. The van der Waals surface area contributed by atoms with Gasteiger partial charge in [0.25, 0.3) is 0 Å². The third-order valence-electron chi connectivity index (χ3n) is 7.18. The van der Waals surface area contributed by atoms with Crippen molar-refractivity contribution in [1.29, 1.82) is 0 Å². The van der Waals surface area contributed by atoms with Crippen LogP contribution in [0, 0.1) is 11.6 Å². The number of aliphatic hydroxyl groups is 1. The third-order valence-corrected chi connectivity index (χ3v) is 7.18. The molecule has 0 bridgehead atoms. The molecule has 2 aromatic heterocycles. The van der Waals surface area contributed by atoms with E-state index in [1.54, 1.807) is 12.3 Å². The summed E-state index contributed by atoms with van der Waals surface area (Å²) in [7, 11) is 0. The molecule has 2 aromatic carbocycles. The number of aliphatic hydroxyl groups excluding tert-OH is 1. The smallest absolute Gasteiger partial charge is 0.222 e. The number of nitrogens with one attached hydrogen (secondary N) is 1. The Balaban J connectivity index is 1.55. The van der Waals surface area contributed by atoms with Crippen LogP contribution < -0.4 is 4.74 Å². The van der Waals surface area contributed by atoms with Crippen molar-refractivity contribution < 1.29 is 28.1 Å². The summed E-state index contributed by atoms with van der Waals surface area (Å²) in [5, 5.41) is 19.1. The number of rotatable bonds is 5. The van der Waals surface area contributed by atoms with E-state index in [1.165, 1.54) is 6.07 Å². The summed E-state index contributed by atoms with van der Waals surface area (Å²) < 4.78 is 46.0. The quantitative estimate of drug-likeness (QED) is 0.411. The SMILES string of the molecule is OCC1CCC(Oc2nc(C3CCOCC3)c(-c3ccc(F)c(F)c3)c3cc4cn[nH]c4cc23)CO1. The molecule has 2 N–H and O–H groups in total. The average molecular weight is 496 g/mol. The van der Waals surface area contributed by atoms with Gasteiger partial charge in [0.15, 0.2) is 11.6 Å². The molecular formula is C27H27F2N3O4. The first-order valence-corrected chi connectivity index (χ1v) is 12.3. The summed E-state index contributed by atoms with van der Waals surface area (Å²) in [6.07, 6.45) is 4.33. The van der Waals surface area contributed by atoms with Gasteiger partial charge in [-0.3, -0.25) is 5.10 Å². The predicted octanol–water partition coefficient (Wildman–Crippen LogP) is 4.87. The van der Waals surface area contributed by atoms with Crippen LogP contribution in [0.5, 0.6) is 5.88 Å². The molecule has 2 atom stereocenters. The number of aromatic amines is 1. The van der Waals surface area contributed by atoms with Crippen LogP contribution in [0.4, 0.5) is 8.78 Å². The highest BCUT2D eigenvalue weighted by molar-refractivity contribution is 6.06. The number of fused-ring (bicyclic) bond motifs is 2. The zero-order valence-corrected chi connectivity index (χ0v) is 19.7. The van der Waals surface area contributed by atoms with E-state index in [4.69, 9.17) is 19.2 Å². The number of aromatic nitrogens is 3. The first-order valence-electron chi connectivity index (χ1n) is 12.3. The summed E-state index contributed by atoms with van der Waals surface area (Å²) in [4.78, 5) is 5.04. The maximum absolute atomic E-state index is 14.4. The van der Waals surface area contributed by atoms with Crippen LogP contribution in [0.3, 0.4) is 0 Å². The molecule has 0 radical (unpaired) electrons. The lowest BCUT2D eigenvalue weighted by Crippen LogP contribution is -2.35. The van der Waals surface area contributed by atoms with Crippen molar-refractivity contribution in [3.63, 3.8) is 0 Å². The molecule has 0 saturated carbocycles. The van der Waals surface area contributed by atoms with Crippen molar-refractivity contribution in [2.24, 2.45) is 0 Å². The van der Waals surface area contributed by atoms with E-state index >= 15 is 0 Å². The molecule has 0 amide bonds. The fourth-order valence-electron chi connectivity index (χ4n) is 5.23. The fourth-order valence-corrected chi connectivity index (χ4v) is 5.23. The Kier molecular flexibility index (Phi) is 6.29. The van der Waals surface area contributed by atoms with Gasteiger partial charge in [0.1, 0.15) is 6.10 Å². The Morgan fingerprint density at radius 2 is 1.89 bits per heavy atom. The van der Waals surface area contributed by atoms with Crippen molar-refractivity contribution in [3.05, 3.63) is 53.9 Å². The second-order valence-electron chi connectivity index (χ2n) is 9.50. The minimum absolute atomic E-state index is 0.0114. The van der Waals surface area contributed by atoms with E-state index in [2.05, 4.69) is 10.2 Å². The summed E-state index contributed by atoms with van der Waals surface area (Å²) in [5.41, 5.74) is 2.95. The molecule has 0 aliphatic carbocycles. The van der Waals surface area contributed by atoms with Crippen molar-refractivity contribution in [2.75, 3.05) is 26.4 Å². The first-order chi connectivity index (χ1) is 17.6. The van der Waals surface area contributed by atoms with Gasteiger partial charge in [0, 0.05) is 35.5 Å². The van der Waals surface area contributed by atoms with Crippen LogP contribution in [0.1, 0.15) is 37.3 Å². The van der Waals surface area contributed by atoms with Crippen molar-refractivity contribution in [3.8, 4) is 17.0 Å². The standard InChI is InChI=1S/C27H27F2N3O4/c28-22-4-1-16(10-23(22)29)25-20-9-17-12-30-32-24(17)11-21(20)27(31-26(25)15-5-7-34-8-6-15)36-19-3-2-18(13-33)35-14-19/h1,4,9-12,15,18-19,33H,2-3,5-8,13-14H2,(H,30,32). The number of hydrogen-bond donors (Lipinski definition) is 2. The molecule has 6 rings (SSSR count). The minimum atomic E-state index is -0.902. The van der Waals surface area contributed by atoms with Crippen molar-refractivity contribution in [2.45, 2.75) is 43.8 Å². The molecule has 36 heavy (non-hydrogen) atoms. The number of halogens is 2. The van der Waals surface area contributed by atoms with Gasteiger partial charge in [0.2, 0.25) is 5.88 Å². The van der Waals surface area contributed by atoms with E-state index in [-0.39, 0.29) is 24.7 Å². The zero-order valence-electron chi connectivity index (χ0n) is 19.7. The van der Waals surface area contributed by atoms with E-state index in [1.807, 2.05) is 12.1 Å². The summed E-state index contributed by atoms with van der Waals surface area (Å²) >= 11 is 0. The Hall–Kier alpha value is -3.14. The fraction of sp³-hybridized carbons (Fsp3) is 0.407. The molecule has 2 saturated heterocycles. The van der Waals surface area contributed by atoms with Crippen LogP contribution in [-0.4, -0.2) is 58.9 Å². The van der Waals surface area contributed by atoms with Crippen LogP contribution in [0.25, 0.3) is 32.8 Å². The predicted molar refractivity (Wildman–Crippen MR) is 130 cm³/mol. The maximum Gasteiger partial charge on any atom is 0.222 e. The number of hydrogen-bond acceptors (Lipinski definition) is 6. The maximum atomic E-state index is 14.4. The van der Waals surface area contributed by atoms with Gasteiger partial charge in [-0.15, -0.1) is 0 Å². The third kappa shape index (κ3) is 4.31. The Morgan fingerprint density at radius 3 is 2.64 bits per heavy atom. The second kappa shape index (κ2) is 9.72. The highest BCUT2D eigenvalue weighted by Crippen LogP contribution is 2.43. The van der Waals surface area contributed by atoms with Gasteiger partial charge in [-0.25, -0.2) is 13.8 Å². The monoisotopic (exact) mass is 495 g/mol. The van der Waals surface area contributed by atoms with Gasteiger partial charge in [0.05, 0.1) is 36.7 Å². The molecule has 2 aliphatic rings. The summed E-state index contributed by atoms with van der Waals surface area (Å²) in [6, 6.07) is 7.93. The lowest BCUT2D eigenvalue weighted by molar-refractivity contribution is -0.0661. The Labute approximate surface area is 206 Å².